The molecule has 17 heteroatoms. The molecule has 64 heavy (non-hydrogen) atoms. The molecule has 9 rings (SSSR count). The van der Waals surface area contributed by atoms with Crippen LogP contribution in [0.15, 0.2) is 36.9 Å². The summed E-state index contributed by atoms with van der Waals surface area (Å²) >= 11 is 0. The van der Waals surface area contributed by atoms with E-state index in [1.54, 1.807) is 6.92 Å². The van der Waals surface area contributed by atoms with E-state index in [1.807, 2.05) is 36.2 Å². The predicted octanol–water partition coefficient (Wildman–Crippen LogP) is 5.24. The van der Waals surface area contributed by atoms with E-state index in [1.165, 1.54) is 11.0 Å². The van der Waals surface area contributed by atoms with E-state index in [4.69, 9.17) is 19.2 Å². The fraction of sp³-hybridized carbons (Fsp3) is 0.681. The number of hydrogen-bond acceptors (Lipinski definition) is 11. The van der Waals surface area contributed by atoms with E-state index >= 15 is 9.18 Å². The highest BCUT2D eigenvalue weighted by atomic mass is 32.2. The molecule has 1 aromatic carbocycles. The highest BCUT2D eigenvalue weighted by Gasteiger charge is 2.63. The van der Waals surface area contributed by atoms with Crippen LogP contribution < -0.4 is 24.8 Å². The van der Waals surface area contributed by atoms with Gasteiger partial charge in [0.05, 0.1) is 22.4 Å². The molecule has 15 nitrogen and oxygen atoms in total. The van der Waals surface area contributed by atoms with Crippen LogP contribution >= 0.6 is 0 Å². The summed E-state index contributed by atoms with van der Waals surface area (Å²) in [5.74, 6) is -1.69. The van der Waals surface area contributed by atoms with Gasteiger partial charge in [-0.2, -0.15) is 0 Å². The molecule has 9 atom stereocenters. The fourth-order valence-corrected chi connectivity index (χ4v) is 11.8. The van der Waals surface area contributed by atoms with Crippen LogP contribution in [0.4, 0.5) is 9.18 Å². The quantitative estimate of drug-likeness (QED) is 0.280. The number of carbonyl (C=O) groups is 4. The number of halogens is 1. The molecule has 0 unspecified atom stereocenters. The van der Waals surface area contributed by atoms with Crippen molar-refractivity contribution in [2.45, 2.75) is 157 Å². The van der Waals surface area contributed by atoms with Crippen molar-refractivity contribution in [3.63, 3.8) is 0 Å². The largest absolute Gasteiger partial charge is 0.486 e. The number of nitrogens with zero attached hydrogens (tertiary/aromatic N) is 3. The van der Waals surface area contributed by atoms with Crippen molar-refractivity contribution >= 4 is 44.7 Å². The standard InChI is InChI=1S/C47H63FN6O9S/c1-4-30-25-47(30,44(57)52-64(59,60)46(2)20-21-46)51-41(55)36-24-31-26-54(36)43(56)39(28-13-7-5-8-14-28)50-45(58)63-38-23-29(38)15-9-6-10-17-33-40(62-37-19-22-53(3)27-34(37)48)32-16-11-12-18-35(32)49-42(33)61-31/h4,11-12,16,18,28-31,34,36-39H,1,5-10,13-15,17,19-27H2,2-3H3,(H,50,58)(H,51,55)(H,52,57)/t29-,30-,31-,34+,36+,37-,38-,39+,47-/m1/s1. The number of rotatable bonds is 9. The number of likely N-dealkylation sites (tertiary alicyclic amines) is 1. The first-order valence-electron chi connectivity index (χ1n) is 23.5. The van der Waals surface area contributed by atoms with Gasteiger partial charge in [0.25, 0.3) is 5.91 Å². The molecule has 4 aliphatic carbocycles. The number of amides is 4. The Balaban J connectivity index is 1.07. The Morgan fingerprint density at radius 2 is 1.73 bits per heavy atom. The predicted molar refractivity (Wildman–Crippen MR) is 236 cm³/mol. The SMILES string of the molecule is C=C[C@@H]1C[C@]1(NC(=O)[C@@H]1C[C@@H]2CN1C(=O)[C@H](C1CCCCC1)NC(=O)O[C@@H]1C[C@H]1CCCCCc1c(nc3ccccc3c1O[C@@H]1CCN(C)C[C@@H]1F)O2)C(=O)NS(=O)(=O)C1(C)CC1. The molecule has 2 aromatic rings. The molecule has 3 aliphatic heterocycles. The summed E-state index contributed by atoms with van der Waals surface area (Å²) in [6.07, 6.45) is 8.30. The normalized spacial score (nSPS) is 33.5. The summed E-state index contributed by atoms with van der Waals surface area (Å²) in [6, 6.07) is 5.38. The summed E-state index contributed by atoms with van der Waals surface area (Å²) in [7, 11) is -2.13. The Hall–Kier alpha value is -4.51. The van der Waals surface area contributed by atoms with Gasteiger partial charge in [-0.25, -0.2) is 22.6 Å². The number of benzene rings is 1. The zero-order valence-electron chi connectivity index (χ0n) is 37.0. The third-order valence-electron chi connectivity index (χ3n) is 15.1. The topological polar surface area (TPSA) is 186 Å². The van der Waals surface area contributed by atoms with Gasteiger partial charge in [0.2, 0.25) is 27.7 Å². The number of nitrogens with one attached hydrogen (secondary N) is 3. The Morgan fingerprint density at radius 1 is 1.00 bits per heavy atom. The van der Waals surface area contributed by atoms with Crippen molar-refractivity contribution in [1.29, 1.82) is 0 Å². The number of aromatic nitrogens is 1. The highest BCUT2D eigenvalue weighted by molar-refractivity contribution is 7.91. The number of piperidine rings is 1. The number of para-hydroxylation sites is 1. The minimum atomic E-state index is -4.03. The number of fused-ring (bicyclic) bond motifs is 5. The first-order valence-corrected chi connectivity index (χ1v) is 25.0. The van der Waals surface area contributed by atoms with E-state index in [2.05, 4.69) is 21.9 Å². The molecular formula is C47H63FN6O9S. The van der Waals surface area contributed by atoms with Crippen molar-refractivity contribution in [3.05, 3.63) is 42.5 Å². The van der Waals surface area contributed by atoms with Crippen LogP contribution in [-0.2, 0) is 35.6 Å². The van der Waals surface area contributed by atoms with Gasteiger partial charge < -0.3 is 34.6 Å². The molecule has 2 saturated heterocycles. The van der Waals surface area contributed by atoms with Gasteiger partial charge >= 0.3 is 6.09 Å². The second-order valence-corrected chi connectivity index (χ2v) is 22.1. The van der Waals surface area contributed by atoms with Crippen molar-refractivity contribution in [3.8, 4) is 11.6 Å². The molecule has 3 N–H and O–H groups in total. The lowest BCUT2D eigenvalue weighted by Gasteiger charge is -2.34. The van der Waals surface area contributed by atoms with Crippen LogP contribution in [0.1, 0.15) is 109 Å². The van der Waals surface area contributed by atoms with Crippen molar-refractivity contribution in [1.82, 2.24) is 30.1 Å². The van der Waals surface area contributed by atoms with E-state index < -0.39 is 80.5 Å². The summed E-state index contributed by atoms with van der Waals surface area (Å²) in [6.45, 7) is 6.31. The third kappa shape index (κ3) is 9.04. The first-order chi connectivity index (χ1) is 30.7. The van der Waals surface area contributed by atoms with E-state index in [0.717, 1.165) is 56.8 Å². The second kappa shape index (κ2) is 17.7. The molecule has 1 aromatic heterocycles. The van der Waals surface area contributed by atoms with Gasteiger partial charge in [-0.05, 0) is 102 Å². The van der Waals surface area contributed by atoms with Gasteiger partial charge in [-0.1, -0.05) is 50.3 Å². The summed E-state index contributed by atoms with van der Waals surface area (Å²) in [5, 5.41) is 6.56. The molecular weight excluding hydrogens is 844 g/mol. The lowest BCUT2D eigenvalue weighted by atomic mass is 9.83. The Morgan fingerprint density at radius 3 is 2.45 bits per heavy atom. The van der Waals surface area contributed by atoms with E-state index in [0.29, 0.717) is 61.9 Å². The number of alkyl halides is 1. The Labute approximate surface area is 375 Å². The maximum atomic E-state index is 15.7. The van der Waals surface area contributed by atoms with Gasteiger partial charge in [0.15, 0.2) is 0 Å². The number of carbonyl (C=O) groups excluding carboxylic acids is 4. The van der Waals surface area contributed by atoms with Crippen LogP contribution in [0.3, 0.4) is 0 Å². The molecule has 4 heterocycles. The number of ether oxygens (including phenoxy) is 3. The number of sulfonamides is 1. The Bertz CT molecular complexity index is 2270. The molecule has 4 saturated carbocycles. The molecule has 7 aliphatic rings. The van der Waals surface area contributed by atoms with E-state index in [9.17, 15) is 22.8 Å². The molecule has 0 radical (unpaired) electrons. The van der Waals surface area contributed by atoms with Crippen molar-refractivity contribution in [2.24, 2.45) is 17.8 Å². The van der Waals surface area contributed by atoms with Crippen LogP contribution in [0.5, 0.6) is 11.6 Å². The highest BCUT2D eigenvalue weighted by Crippen LogP contribution is 2.48. The summed E-state index contributed by atoms with van der Waals surface area (Å²) in [4.78, 5) is 65.7. The molecule has 348 valence electrons. The maximum Gasteiger partial charge on any atom is 0.408 e. The monoisotopic (exact) mass is 906 g/mol. The minimum absolute atomic E-state index is 0.00162. The Kier molecular flexibility index (Phi) is 12.4. The molecule has 4 amide bonds. The van der Waals surface area contributed by atoms with Gasteiger partial charge in [0.1, 0.15) is 47.9 Å². The number of pyridine rings is 1. The van der Waals surface area contributed by atoms with Crippen molar-refractivity contribution in [2.75, 3.05) is 26.7 Å². The lowest BCUT2D eigenvalue weighted by Crippen LogP contribution is -2.59. The van der Waals surface area contributed by atoms with Gasteiger partial charge in [-0.15, -0.1) is 6.58 Å². The van der Waals surface area contributed by atoms with Crippen molar-refractivity contribution < 1.29 is 46.2 Å². The third-order valence-corrected chi connectivity index (χ3v) is 17.3. The van der Waals surface area contributed by atoms with Crippen LogP contribution in [0.2, 0.25) is 0 Å². The average molecular weight is 907 g/mol. The summed E-state index contributed by atoms with van der Waals surface area (Å²) in [5.41, 5.74) is -0.303. The summed E-state index contributed by atoms with van der Waals surface area (Å²) < 4.78 is 62.7. The van der Waals surface area contributed by atoms with Crippen LogP contribution in [-0.4, -0.2) is 121 Å². The smallest absolute Gasteiger partial charge is 0.408 e. The number of alkyl carbamates (subject to hydrolysis) is 1. The fourth-order valence-electron chi connectivity index (χ4n) is 10.5. The number of hydrogen-bond donors (Lipinski definition) is 3. The van der Waals surface area contributed by atoms with Crippen LogP contribution in [0.25, 0.3) is 10.9 Å². The van der Waals surface area contributed by atoms with E-state index in [-0.39, 0.29) is 49.8 Å². The van der Waals surface area contributed by atoms with Crippen LogP contribution in [0, 0.1) is 17.8 Å². The first kappa shape index (κ1) is 44.7. The maximum absolute atomic E-state index is 15.7. The zero-order chi connectivity index (χ0) is 45.0. The molecule has 2 bridgehead atoms. The second-order valence-electron chi connectivity index (χ2n) is 19.9. The van der Waals surface area contributed by atoms with Gasteiger partial charge in [-0.3, -0.25) is 19.1 Å². The zero-order valence-corrected chi connectivity index (χ0v) is 37.8. The molecule has 6 fully saturated rings. The average Bonchev–Trinajstić information content (AvgIpc) is 4.23. The minimum Gasteiger partial charge on any atom is -0.486 e. The lowest BCUT2D eigenvalue weighted by molar-refractivity contribution is -0.142. The molecule has 0 spiro atoms. The van der Waals surface area contributed by atoms with Gasteiger partial charge in [0, 0.05) is 30.8 Å².